The number of phenolic OH excluding ortho intramolecular Hbond substituents is 1. The molecule has 29 heavy (non-hydrogen) atoms. The van der Waals surface area contributed by atoms with Gasteiger partial charge in [-0.15, -0.1) is 0 Å². The quantitative estimate of drug-likeness (QED) is 0.528. The van der Waals surface area contributed by atoms with Crippen molar-refractivity contribution >= 4 is 28.9 Å². The number of aryl methyl sites for hydroxylation is 1. The lowest BCUT2D eigenvalue weighted by molar-refractivity contribution is -0.0203. The van der Waals surface area contributed by atoms with Crippen LogP contribution in [0.3, 0.4) is 0 Å². The molecule has 3 aromatic rings. The Morgan fingerprint density at radius 1 is 0.966 bits per heavy atom. The van der Waals surface area contributed by atoms with E-state index in [0.717, 1.165) is 29.0 Å². The molecule has 0 fully saturated rings. The summed E-state index contributed by atoms with van der Waals surface area (Å²) in [4.78, 5) is 0. The van der Waals surface area contributed by atoms with Crippen molar-refractivity contribution in [3.8, 4) is 11.5 Å². The highest BCUT2D eigenvalue weighted by Gasteiger charge is 2.42. The second-order valence-electron chi connectivity index (χ2n) is 7.37. The topological polar surface area (TPSA) is 45.1 Å². The molecule has 0 radical (unpaired) electrons. The zero-order valence-corrected chi connectivity index (χ0v) is 17.2. The molecule has 0 bridgehead atoms. The van der Waals surface area contributed by atoms with E-state index in [9.17, 15) is 5.11 Å². The van der Waals surface area contributed by atoms with E-state index in [2.05, 4.69) is 31.2 Å². The Hall–Kier alpha value is -2.69. The predicted molar refractivity (Wildman–Crippen MR) is 115 cm³/mol. The molecule has 4 nitrogen and oxygen atoms in total. The number of nitrogens with zero attached hydrogens (tertiary/aromatic N) is 2. The molecule has 1 N–H and O–H groups in total. The molecular formula is C23H18Cl2N2O2. The van der Waals surface area contributed by atoms with Crippen LogP contribution in [0.2, 0.25) is 10.0 Å². The van der Waals surface area contributed by atoms with E-state index in [0.29, 0.717) is 15.6 Å². The van der Waals surface area contributed by atoms with Crippen LogP contribution in [0.4, 0.5) is 0 Å². The Morgan fingerprint density at radius 2 is 1.66 bits per heavy atom. The molecule has 0 aromatic heterocycles. The molecule has 3 aromatic carbocycles. The highest BCUT2D eigenvalue weighted by atomic mass is 35.5. The standard InChI is InChI=1S/C23H18Cl2N2O2/c1-13-2-4-14(5-3-13)19-12-20-17-10-16(25)7-9-22(17)29-23(27(20)26-19)18-11-15(24)6-8-21(18)28/h2-11,20,23,28H,12H2,1H3/t20-,23+/m0/s1. The van der Waals surface area contributed by atoms with Gasteiger partial charge in [0.05, 0.1) is 17.3 Å². The lowest BCUT2D eigenvalue weighted by Gasteiger charge is -2.38. The average molecular weight is 425 g/mol. The minimum Gasteiger partial charge on any atom is -0.507 e. The van der Waals surface area contributed by atoms with Gasteiger partial charge in [-0.1, -0.05) is 53.0 Å². The number of aromatic hydroxyl groups is 1. The summed E-state index contributed by atoms with van der Waals surface area (Å²) in [5, 5.41) is 18.5. The number of halogens is 2. The highest BCUT2D eigenvalue weighted by Crippen LogP contribution is 2.49. The van der Waals surface area contributed by atoms with Gasteiger partial charge in [0.1, 0.15) is 11.5 Å². The fourth-order valence-electron chi connectivity index (χ4n) is 3.91. The molecule has 0 spiro atoms. The molecule has 0 saturated heterocycles. The Balaban J connectivity index is 1.63. The number of rotatable bonds is 2. The predicted octanol–water partition coefficient (Wildman–Crippen LogP) is 6.25. The number of fused-ring (bicyclic) bond motifs is 3. The summed E-state index contributed by atoms with van der Waals surface area (Å²) < 4.78 is 6.27. The van der Waals surface area contributed by atoms with E-state index >= 15 is 0 Å². The zero-order chi connectivity index (χ0) is 20.1. The maximum Gasteiger partial charge on any atom is 0.217 e. The van der Waals surface area contributed by atoms with Gasteiger partial charge in [0, 0.05) is 22.0 Å². The van der Waals surface area contributed by atoms with Gasteiger partial charge in [0.25, 0.3) is 0 Å². The van der Waals surface area contributed by atoms with Crippen molar-refractivity contribution in [2.45, 2.75) is 25.6 Å². The van der Waals surface area contributed by atoms with Gasteiger partial charge in [-0.05, 0) is 48.9 Å². The SMILES string of the molecule is Cc1ccc(C2=NN3[C@@H](c4cc(Cl)ccc4O)Oc4ccc(Cl)cc4[C@@H]3C2)cc1. The van der Waals surface area contributed by atoms with Gasteiger partial charge in [-0.3, -0.25) is 0 Å². The Kier molecular flexibility index (Phi) is 4.41. The zero-order valence-electron chi connectivity index (χ0n) is 15.6. The summed E-state index contributed by atoms with van der Waals surface area (Å²) in [7, 11) is 0. The van der Waals surface area contributed by atoms with Crippen LogP contribution in [-0.4, -0.2) is 15.8 Å². The summed E-state index contributed by atoms with van der Waals surface area (Å²) in [5.74, 6) is 0.856. The van der Waals surface area contributed by atoms with Gasteiger partial charge in [0.15, 0.2) is 0 Å². The molecule has 0 unspecified atom stereocenters. The molecule has 6 heteroatoms. The third-order valence-electron chi connectivity index (χ3n) is 5.39. The van der Waals surface area contributed by atoms with Gasteiger partial charge >= 0.3 is 0 Å². The fourth-order valence-corrected chi connectivity index (χ4v) is 4.27. The van der Waals surface area contributed by atoms with Crippen LogP contribution in [0.1, 0.15) is 40.9 Å². The van der Waals surface area contributed by atoms with E-state index < -0.39 is 6.23 Å². The molecule has 2 heterocycles. The molecule has 0 aliphatic carbocycles. The number of hydrogen-bond donors (Lipinski definition) is 1. The molecule has 0 amide bonds. The lowest BCUT2D eigenvalue weighted by atomic mass is 9.95. The monoisotopic (exact) mass is 424 g/mol. The van der Waals surface area contributed by atoms with Crippen LogP contribution >= 0.6 is 23.2 Å². The lowest BCUT2D eigenvalue weighted by Crippen LogP contribution is -2.33. The number of hydrazone groups is 1. The third-order valence-corrected chi connectivity index (χ3v) is 5.86. The Bertz CT molecular complexity index is 1130. The van der Waals surface area contributed by atoms with E-state index in [-0.39, 0.29) is 11.8 Å². The number of hydrogen-bond acceptors (Lipinski definition) is 4. The molecule has 0 saturated carbocycles. The van der Waals surface area contributed by atoms with Gasteiger partial charge in [0.2, 0.25) is 6.23 Å². The first-order valence-corrected chi connectivity index (χ1v) is 10.1. The molecule has 146 valence electrons. The first-order valence-electron chi connectivity index (χ1n) is 9.37. The van der Waals surface area contributed by atoms with Crippen molar-refractivity contribution in [3.05, 3.63) is 93.0 Å². The van der Waals surface area contributed by atoms with Crippen molar-refractivity contribution < 1.29 is 9.84 Å². The fraction of sp³-hybridized carbons (Fsp3) is 0.174. The molecular weight excluding hydrogens is 407 g/mol. The van der Waals surface area contributed by atoms with Crippen LogP contribution in [0.15, 0.2) is 65.8 Å². The van der Waals surface area contributed by atoms with Crippen molar-refractivity contribution in [3.63, 3.8) is 0 Å². The molecule has 2 aliphatic heterocycles. The van der Waals surface area contributed by atoms with Gasteiger partial charge in [-0.2, -0.15) is 5.10 Å². The van der Waals surface area contributed by atoms with Crippen molar-refractivity contribution in [1.29, 1.82) is 0 Å². The molecule has 2 aliphatic rings. The largest absolute Gasteiger partial charge is 0.507 e. The molecule has 2 atom stereocenters. The van der Waals surface area contributed by atoms with E-state index in [1.807, 2.05) is 23.2 Å². The van der Waals surface area contributed by atoms with Crippen molar-refractivity contribution in [1.82, 2.24) is 5.01 Å². The maximum absolute atomic E-state index is 10.5. The Labute approximate surface area is 178 Å². The normalized spacial score (nSPS) is 20.0. The number of phenols is 1. The van der Waals surface area contributed by atoms with Crippen LogP contribution in [-0.2, 0) is 0 Å². The number of ether oxygens (including phenoxy) is 1. The highest BCUT2D eigenvalue weighted by molar-refractivity contribution is 6.31. The van der Waals surface area contributed by atoms with Gasteiger partial charge in [-0.25, -0.2) is 5.01 Å². The van der Waals surface area contributed by atoms with Crippen LogP contribution in [0.5, 0.6) is 11.5 Å². The summed E-state index contributed by atoms with van der Waals surface area (Å²) in [6.45, 7) is 2.06. The van der Waals surface area contributed by atoms with Crippen molar-refractivity contribution in [2.24, 2.45) is 5.10 Å². The summed E-state index contributed by atoms with van der Waals surface area (Å²) >= 11 is 12.5. The summed E-state index contributed by atoms with van der Waals surface area (Å²) in [6, 6.07) is 18.8. The second kappa shape index (κ2) is 6.97. The summed E-state index contributed by atoms with van der Waals surface area (Å²) in [6.07, 6.45) is 0.132. The minimum absolute atomic E-state index is 0.0443. The van der Waals surface area contributed by atoms with Crippen LogP contribution < -0.4 is 4.74 Å². The maximum atomic E-state index is 10.5. The second-order valence-corrected chi connectivity index (χ2v) is 8.24. The van der Waals surface area contributed by atoms with E-state index in [1.165, 1.54) is 5.56 Å². The van der Waals surface area contributed by atoms with E-state index in [4.69, 9.17) is 33.0 Å². The molecule has 5 rings (SSSR count). The third kappa shape index (κ3) is 3.22. The average Bonchev–Trinajstić information content (AvgIpc) is 3.16. The van der Waals surface area contributed by atoms with E-state index in [1.54, 1.807) is 18.2 Å². The first kappa shape index (κ1) is 18.3. The van der Waals surface area contributed by atoms with Crippen LogP contribution in [0, 0.1) is 6.92 Å². The minimum atomic E-state index is -0.588. The Morgan fingerprint density at radius 3 is 2.41 bits per heavy atom. The number of benzene rings is 3. The van der Waals surface area contributed by atoms with Crippen LogP contribution in [0.25, 0.3) is 0 Å². The smallest absolute Gasteiger partial charge is 0.217 e. The first-order chi connectivity index (χ1) is 14.0. The van der Waals surface area contributed by atoms with Gasteiger partial charge < -0.3 is 9.84 Å². The van der Waals surface area contributed by atoms with Crippen molar-refractivity contribution in [2.75, 3.05) is 0 Å². The summed E-state index contributed by atoms with van der Waals surface area (Å²) in [5.41, 5.74) is 4.81.